The van der Waals surface area contributed by atoms with Crippen LogP contribution in [-0.2, 0) is 0 Å². The van der Waals surface area contributed by atoms with Crippen molar-refractivity contribution in [2.24, 2.45) is 5.73 Å². The van der Waals surface area contributed by atoms with Crippen molar-refractivity contribution < 1.29 is 17.9 Å². The van der Waals surface area contributed by atoms with Gasteiger partial charge in [0.1, 0.15) is 5.75 Å². The van der Waals surface area contributed by atoms with Crippen molar-refractivity contribution >= 4 is 35.6 Å². The first kappa shape index (κ1) is 18.9. The predicted octanol–water partition coefficient (Wildman–Crippen LogP) is 5.36. The van der Waals surface area contributed by atoms with Crippen molar-refractivity contribution in [2.45, 2.75) is 12.4 Å². The number of ether oxygens (including phenoxy) is 1. The van der Waals surface area contributed by atoms with E-state index in [0.29, 0.717) is 21.2 Å². The highest BCUT2D eigenvalue weighted by Gasteiger charge is 2.31. The molecule has 120 valence electrons. The average Bonchev–Trinajstić information content (AvgIpc) is 2.40. The second-order valence-corrected chi connectivity index (χ2v) is 5.08. The molecule has 2 aromatic rings. The highest BCUT2D eigenvalue weighted by molar-refractivity contribution is 6.42. The Kier molecular flexibility index (Phi) is 6.38. The van der Waals surface area contributed by atoms with Gasteiger partial charge >= 0.3 is 6.36 Å². The quantitative estimate of drug-likeness (QED) is 0.787. The van der Waals surface area contributed by atoms with Gasteiger partial charge in [-0.2, -0.15) is 0 Å². The van der Waals surface area contributed by atoms with E-state index < -0.39 is 12.4 Å². The minimum Gasteiger partial charge on any atom is -0.406 e. The number of alkyl halides is 3. The van der Waals surface area contributed by atoms with Crippen LogP contribution in [-0.4, -0.2) is 6.36 Å². The van der Waals surface area contributed by atoms with Crippen LogP contribution in [0.15, 0.2) is 42.5 Å². The lowest BCUT2D eigenvalue weighted by molar-refractivity contribution is -0.274. The lowest BCUT2D eigenvalue weighted by Crippen LogP contribution is -2.17. The van der Waals surface area contributed by atoms with Gasteiger partial charge in [0.15, 0.2) is 0 Å². The SMILES string of the molecule is Cl.N[C@H](c1ccc(OC(F)(F)F)cc1)c1ccc(Cl)c(Cl)c1. The summed E-state index contributed by atoms with van der Waals surface area (Å²) in [5.41, 5.74) is 7.38. The molecule has 2 aromatic carbocycles. The Morgan fingerprint density at radius 3 is 1.95 bits per heavy atom. The van der Waals surface area contributed by atoms with Crippen LogP contribution in [0.4, 0.5) is 13.2 Å². The van der Waals surface area contributed by atoms with Gasteiger partial charge in [0.25, 0.3) is 0 Å². The molecular weight excluding hydrogens is 362 g/mol. The molecule has 0 spiro atoms. The highest BCUT2D eigenvalue weighted by atomic mass is 35.5. The van der Waals surface area contributed by atoms with Crippen LogP contribution in [0.3, 0.4) is 0 Å². The van der Waals surface area contributed by atoms with Crippen LogP contribution in [0.5, 0.6) is 5.75 Å². The third-order valence-electron chi connectivity index (χ3n) is 2.78. The average molecular weight is 373 g/mol. The molecule has 0 unspecified atom stereocenters. The first-order valence-corrected chi connectivity index (χ1v) is 6.58. The normalized spacial score (nSPS) is 12.5. The molecule has 22 heavy (non-hydrogen) atoms. The summed E-state index contributed by atoms with van der Waals surface area (Å²) in [6.07, 6.45) is -4.71. The van der Waals surface area contributed by atoms with E-state index >= 15 is 0 Å². The molecule has 0 saturated heterocycles. The van der Waals surface area contributed by atoms with Crippen molar-refractivity contribution in [2.75, 3.05) is 0 Å². The number of nitrogens with two attached hydrogens (primary N) is 1. The van der Waals surface area contributed by atoms with Crippen molar-refractivity contribution in [1.29, 1.82) is 0 Å². The predicted molar refractivity (Wildman–Crippen MR) is 82.9 cm³/mol. The summed E-state index contributed by atoms with van der Waals surface area (Å²) in [6, 6.07) is 9.76. The molecule has 2 rings (SSSR count). The van der Waals surface area contributed by atoms with Gasteiger partial charge < -0.3 is 10.5 Å². The molecule has 0 aliphatic carbocycles. The summed E-state index contributed by atoms with van der Waals surface area (Å²) in [7, 11) is 0. The van der Waals surface area contributed by atoms with Gasteiger partial charge in [-0.3, -0.25) is 0 Å². The summed E-state index contributed by atoms with van der Waals surface area (Å²) in [5, 5.41) is 0.767. The Balaban J connectivity index is 0.00000242. The minimum absolute atomic E-state index is 0. The Morgan fingerprint density at radius 2 is 1.45 bits per heavy atom. The third-order valence-corrected chi connectivity index (χ3v) is 3.51. The lowest BCUT2D eigenvalue weighted by atomic mass is 10.00. The van der Waals surface area contributed by atoms with Crippen molar-refractivity contribution in [1.82, 2.24) is 0 Å². The largest absolute Gasteiger partial charge is 0.573 e. The van der Waals surface area contributed by atoms with Gasteiger partial charge in [-0.15, -0.1) is 25.6 Å². The molecule has 2 nitrogen and oxygen atoms in total. The Labute approximate surface area is 141 Å². The zero-order valence-electron chi connectivity index (χ0n) is 10.9. The summed E-state index contributed by atoms with van der Waals surface area (Å²) in [6.45, 7) is 0. The monoisotopic (exact) mass is 371 g/mol. The fourth-order valence-electron chi connectivity index (χ4n) is 1.78. The molecule has 0 aromatic heterocycles. The second kappa shape index (κ2) is 7.42. The van der Waals surface area contributed by atoms with E-state index in [1.165, 1.54) is 24.3 Å². The van der Waals surface area contributed by atoms with E-state index in [9.17, 15) is 13.2 Å². The van der Waals surface area contributed by atoms with Crippen molar-refractivity contribution in [3.8, 4) is 5.75 Å². The van der Waals surface area contributed by atoms with Crippen molar-refractivity contribution in [3.63, 3.8) is 0 Å². The molecular formula is C14H11Cl3F3NO. The summed E-state index contributed by atoms with van der Waals surface area (Å²) in [4.78, 5) is 0. The maximum atomic E-state index is 12.1. The molecule has 1 atom stereocenters. The van der Waals surface area contributed by atoms with Gasteiger partial charge in [-0.1, -0.05) is 41.4 Å². The van der Waals surface area contributed by atoms with E-state index in [1.54, 1.807) is 18.2 Å². The van der Waals surface area contributed by atoms with Gasteiger partial charge in [0.05, 0.1) is 16.1 Å². The Bertz CT molecular complexity index is 632. The molecule has 0 bridgehead atoms. The first-order chi connectivity index (χ1) is 9.76. The van der Waals surface area contributed by atoms with Gasteiger partial charge in [-0.05, 0) is 35.4 Å². The zero-order valence-corrected chi connectivity index (χ0v) is 13.2. The minimum atomic E-state index is -4.71. The number of hydrogen-bond donors (Lipinski definition) is 1. The van der Waals surface area contributed by atoms with Crippen LogP contribution in [0.25, 0.3) is 0 Å². The van der Waals surface area contributed by atoms with Crippen molar-refractivity contribution in [3.05, 3.63) is 63.6 Å². The molecule has 0 fully saturated rings. The van der Waals surface area contributed by atoms with Gasteiger partial charge in [0, 0.05) is 0 Å². The Hall–Kier alpha value is -1.14. The van der Waals surface area contributed by atoms with E-state index in [-0.39, 0.29) is 18.2 Å². The van der Waals surface area contributed by atoms with E-state index in [2.05, 4.69) is 4.74 Å². The smallest absolute Gasteiger partial charge is 0.406 e. The maximum absolute atomic E-state index is 12.1. The molecule has 0 aliphatic heterocycles. The molecule has 0 aliphatic rings. The van der Waals surface area contributed by atoms with Crippen LogP contribution < -0.4 is 10.5 Å². The third kappa shape index (κ3) is 4.95. The molecule has 0 radical (unpaired) electrons. The second-order valence-electron chi connectivity index (χ2n) is 4.27. The first-order valence-electron chi connectivity index (χ1n) is 5.82. The van der Waals surface area contributed by atoms with E-state index in [4.69, 9.17) is 28.9 Å². The zero-order chi connectivity index (χ0) is 15.6. The fraction of sp³-hybridized carbons (Fsp3) is 0.143. The van der Waals surface area contributed by atoms with Crippen LogP contribution >= 0.6 is 35.6 Å². The fourth-order valence-corrected chi connectivity index (χ4v) is 2.08. The summed E-state index contributed by atoms with van der Waals surface area (Å²) < 4.78 is 40.0. The van der Waals surface area contributed by atoms with Crippen LogP contribution in [0.1, 0.15) is 17.2 Å². The van der Waals surface area contributed by atoms with Gasteiger partial charge in [-0.25, -0.2) is 0 Å². The lowest BCUT2D eigenvalue weighted by Gasteiger charge is -2.14. The summed E-state index contributed by atoms with van der Waals surface area (Å²) >= 11 is 11.7. The maximum Gasteiger partial charge on any atom is 0.573 e. The Morgan fingerprint density at radius 1 is 0.909 bits per heavy atom. The van der Waals surface area contributed by atoms with Crippen LogP contribution in [0, 0.1) is 0 Å². The van der Waals surface area contributed by atoms with Gasteiger partial charge in [0.2, 0.25) is 0 Å². The van der Waals surface area contributed by atoms with E-state index in [1.807, 2.05) is 0 Å². The van der Waals surface area contributed by atoms with Crippen LogP contribution in [0.2, 0.25) is 10.0 Å². The topological polar surface area (TPSA) is 35.2 Å². The number of benzene rings is 2. The molecule has 0 saturated carbocycles. The molecule has 0 heterocycles. The molecule has 8 heteroatoms. The number of halogens is 6. The van der Waals surface area contributed by atoms with E-state index in [0.717, 1.165) is 0 Å². The number of rotatable bonds is 3. The highest BCUT2D eigenvalue weighted by Crippen LogP contribution is 2.29. The molecule has 0 amide bonds. The summed E-state index contributed by atoms with van der Waals surface area (Å²) in [5.74, 6) is -0.299. The molecule has 2 N–H and O–H groups in total. The number of hydrogen-bond acceptors (Lipinski definition) is 2. The standard InChI is InChI=1S/C14H10Cl2F3NO.ClH/c15-11-6-3-9(7-12(11)16)13(20)8-1-4-10(5-2-8)21-14(17,18)19;/h1-7,13H,20H2;1H/t13-;/m1./s1.